The zero-order valence-corrected chi connectivity index (χ0v) is 12.2. The molecule has 0 bridgehead atoms. The maximum atomic E-state index is 5.51. The Hall–Kier alpha value is -1.80. The Morgan fingerprint density at radius 2 is 1.65 bits per heavy atom. The smallest absolute Gasteiger partial charge is 0.0518 e. The topological polar surface area (TPSA) is 21.3 Å². The highest BCUT2D eigenvalue weighted by atomic mass is 16.5. The van der Waals surface area contributed by atoms with Gasteiger partial charge in [0, 0.05) is 18.8 Å². The Kier molecular flexibility index (Phi) is 5.63. The van der Waals surface area contributed by atoms with Gasteiger partial charge in [0.15, 0.2) is 0 Å². The van der Waals surface area contributed by atoms with Crippen molar-refractivity contribution in [3.05, 3.63) is 54.6 Å². The third-order valence-corrected chi connectivity index (χ3v) is 3.04. The van der Waals surface area contributed by atoms with Crippen LogP contribution in [0.25, 0.3) is 11.1 Å². The number of anilines is 1. The minimum Gasteiger partial charge on any atom is -0.385 e. The molecule has 2 heteroatoms. The second-order valence-corrected chi connectivity index (χ2v) is 5.07. The second-order valence-electron chi connectivity index (χ2n) is 5.07. The summed E-state index contributed by atoms with van der Waals surface area (Å²) >= 11 is 0. The summed E-state index contributed by atoms with van der Waals surface area (Å²) in [4.78, 5) is 0. The van der Waals surface area contributed by atoms with Crippen LogP contribution < -0.4 is 5.32 Å². The molecule has 0 fully saturated rings. The van der Waals surface area contributed by atoms with Gasteiger partial charge >= 0.3 is 0 Å². The van der Waals surface area contributed by atoms with Crippen molar-refractivity contribution in [1.29, 1.82) is 0 Å². The van der Waals surface area contributed by atoms with Crippen LogP contribution in [-0.4, -0.2) is 19.3 Å². The Balaban J connectivity index is 1.80. The number of rotatable bonds is 7. The van der Waals surface area contributed by atoms with Crippen molar-refractivity contribution in [2.45, 2.75) is 26.4 Å². The third-order valence-electron chi connectivity index (χ3n) is 3.04. The summed E-state index contributed by atoms with van der Waals surface area (Å²) in [6.45, 7) is 5.87. The molecule has 1 radical (unpaired) electrons. The fourth-order valence-electron chi connectivity index (χ4n) is 1.98. The molecule has 0 aliphatic carbocycles. The van der Waals surface area contributed by atoms with E-state index < -0.39 is 0 Å². The Labute approximate surface area is 121 Å². The first-order valence-electron chi connectivity index (χ1n) is 7.18. The van der Waals surface area contributed by atoms with Crippen molar-refractivity contribution in [3.8, 4) is 11.1 Å². The monoisotopic (exact) mass is 268 g/mol. The Morgan fingerprint density at radius 1 is 1.00 bits per heavy atom. The van der Waals surface area contributed by atoms with Crippen LogP contribution >= 0.6 is 0 Å². The highest BCUT2D eigenvalue weighted by Gasteiger charge is 1.97. The molecular weight excluding hydrogens is 246 g/mol. The standard InChI is InChI=1S/C18H22NO/c1-15(2)20-14-6-13-19-18-11-9-17(10-12-18)16-7-4-3-5-8-16/h4-5,7-12,15,19H,6,13-14H2,1-2H3. The fourth-order valence-corrected chi connectivity index (χ4v) is 1.98. The lowest BCUT2D eigenvalue weighted by Gasteiger charge is -2.09. The first kappa shape index (κ1) is 14.6. The predicted molar refractivity (Wildman–Crippen MR) is 84.9 cm³/mol. The zero-order chi connectivity index (χ0) is 14.2. The van der Waals surface area contributed by atoms with E-state index in [4.69, 9.17) is 4.74 Å². The number of nitrogens with one attached hydrogen (secondary N) is 1. The molecule has 20 heavy (non-hydrogen) atoms. The number of benzene rings is 2. The van der Waals surface area contributed by atoms with Crippen LogP contribution in [0.4, 0.5) is 5.69 Å². The summed E-state index contributed by atoms with van der Waals surface area (Å²) in [7, 11) is 0. The molecule has 2 rings (SSSR count). The SMILES string of the molecule is CC(C)OCCCNc1ccc(-c2cc[c]cc2)cc1. The molecule has 2 aromatic carbocycles. The first-order chi connectivity index (χ1) is 9.75. The van der Waals surface area contributed by atoms with Gasteiger partial charge in [-0.2, -0.15) is 0 Å². The molecule has 0 spiro atoms. The van der Waals surface area contributed by atoms with Crippen molar-refractivity contribution in [1.82, 2.24) is 0 Å². The molecule has 0 aromatic heterocycles. The van der Waals surface area contributed by atoms with Gasteiger partial charge < -0.3 is 10.1 Å². The second kappa shape index (κ2) is 7.71. The predicted octanol–water partition coefficient (Wildman–Crippen LogP) is 4.38. The highest BCUT2D eigenvalue weighted by molar-refractivity contribution is 5.65. The molecular formula is C18H22NO. The quantitative estimate of drug-likeness (QED) is 0.752. The first-order valence-corrected chi connectivity index (χ1v) is 7.18. The van der Waals surface area contributed by atoms with E-state index in [1.807, 2.05) is 12.1 Å². The van der Waals surface area contributed by atoms with E-state index in [1.165, 1.54) is 11.1 Å². The van der Waals surface area contributed by atoms with Gasteiger partial charge in [-0.1, -0.05) is 36.4 Å². The molecule has 1 N–H and O–H groups in total. The van der Waals surface area contributed by atoms with Crippen molar-refractivity contribution >= 4 is 5.69 Å². The molecule has 0 amide bonds. The molecule has 0 aliphatic rings. The zero-order valence-electron chi connectivity index (χ0n) is 12.2. The summed E-state index contributed by atoms with van der Waals surface area (Å²) in [6, 6.07) is 19.6. The summed E-state index contributed by atoms with van der Waals surface area (Å²) < 4.78 is 5.51. The molecule has 105 valence electrons. The van der Waals surface area contributed by atoms with Gasteiger partial charge in [-0.15, -0.1) is 0 Å². The van der Waals surface area contributed by atoms with E-state index in [-0.39, 0.29) is 0 Å². The maximum Gasteiger partial charge on any atom is 0.0518 e. The minimum absolute atomic E-state index is 0.317. The summed E-state index contributed by atoms with van der Waals surface area (Å²) in [5.74, 6) is 0. The van der Waals surface area contributed by atoms with Gasteiger partial charge in [0.2, 0.25) is 0 Å². The molecule has 2 nitrogen and oxygen atoms in total. The average molecular weight is 268 g/mol. The summed E-state index contributed by atoms with van der Waals surface area (Å²) in [5, 5.41) is 3.41. The van der Waals surface area contributed by atoms with Gasteiger partial charge in [0.1, 0.15) is 0 Å². The Bertz CT molecular complexity index is 491. The molecule has 0 heterocycles. The van der Waals surface area contributed by atoms with Gasteiger partial charge in [-0.25, -0.2) is 0 Å². The maximum absolute atomic E-state index is 5.51. The van der Waals surface area contributed by atoms with Crippen LogP contribution in [0.5, 0.6) is 0 Å². The van der Waals surface area contributed by atoms with Crippen LogP contribution in [0.1, 0.15) is 20.3 Å². The van der Waals surface area contributed by atoms with E-state index in [0.29, 0.717) is 6.10 Å². The lowest BCUT2D eigenvalue weighted by atomic mass is 10.1. The van der Waals surface area contributed by atoms with Crippen LogP contribution in [0.3, 0.4) is 0 Å². The largest absolute Gasteiger partial charge is 0.385 e. The number of hydrogen-bond donors (Lipinski definition) is 1. The average Bonchev–Trinajstić information content (AvgIpc) is 2.48. The van der Waals surface area contributed by atoms with E-state index in [1.54, 1.807) is 0 Å². The van der Waals surface area contributed by atoms with Gasteiger partial charge in [0.25, 0.3) is 0 Å². The Morgan fingerprint density at radius 3 is 2.30 bits per heavy atom. The van der Waals surface area contributed by atoms with E-state index in [0.717, 1.165) is 25.3 Å². The summed E-state index contributed by atoms with van der Waals surface area (Å²) in [5.41, 5.74) is 3.61. The van der Waals surface area contributed by atoms with Crippen molar-refractivity contribution < 1.29 is 4.74 Å². The third kappa shape index (κ3) is 4.71. The molecule has 0 atom stereocenters. The lowest BCUT2D eigenvalue weighted by Crippen LogP contribution is -2.09. The van der Waals surface area contributed by atoms with Crippen LogP contribution in [-0.2, 0) is 4.74 Å². The highest BCUT2D eigenvalue weighted by Crippen LogP contribution is 2.20. The molecule has 0 saturated heterocycles. The van der Waals surface area contributed by atoms with Crippen molar-refractivity contribution in [3.63, 3.8) is 0 Å². The normalized spacial score (nSPS) is 10.8. The molecule has 2 aromatic rings. The minimum atomic E-state index is 0.317. The molecule has 0 unspecified atom stereocenters. The van der Waals surface area contributed by atoms with Crippen LogP contribution in [0.15, 0.2) is 48.5 Å². The van der Waals surface area contributed by atoms with Crippen molar-refractivity contribution in [2.75, 3.05) is 18.5 Å². The fraction of sp³-hybridized carbons (Fsp3) is 0.333. The van der Waals surface area contributed by atoms with E-state index in [9.17, 15) is 0 Å². The number of ether oxygens (including phenoxy) is 1. The van der Waals surface area contributed by atoms with Crippen molar-refractivity contribution in [2.24, 2.45) is 0 Å². The van der Waals surface area contributed by atoms with E-state index in [2.05, 4.69) is 61.6 Å². The van der Waals surface area contributed by atoms with Crippen LogP contribution in [0, 0.1) is 6.07 Å². The van der Waals surface area contributed by atoms with Gasteiger partial charge in [-0.3, -0.25) is 0 Å². The number of hydrogen-bond acceptors (Lipinski definition) is 2. The van der Waals surface area contributed by atoms with Crippen LogP contribution in [0.2, 0.25) is 0 Å². The summed E-state index contributed by atoms with van der Waals surface area (Å²) in [6.07, 6.45) is 1.34. The molecule has 0 aliphatic heterocycles. The van der Waals surface area contributed by atoms with Gasteiger partial charge in [0.05, 0.1) is 6.10 Å². The lowest BCUT2D eigenvalue weighted by molar-refractivity contribution is 0.0787. The van der Waals surface area contributed by atoms with E-state index >= 15 is 0 Å². The molecule has 0 saturated carbocycles. The van der Waals surface area contributed by atoms with Gasteiger partial charge in [-0.05, 0) is 49.6 Å².